The molecule has 16 heteroatoms. The van der Waals surface area contributed by atoms with Crippen molar-refractivity contribution in [1.29, 1.82) is 0 Å². The molecule has 4 aromatic carbocycles. The second kappa shape index (κ2) is 25.0. The molecule has 2 amide bonds. The van der Waals surface area contributed by atoms with Crippen LogP contribution in [0.2, 0.25) is 0 Å². The van der Waals surface area contributed by atoms with Crippen molar-refractivity contribution >= 4 is 12.2 Å². The number of nitrogens with zero attached hydrogens (tertiary/aromatic N) is 4. The number of carbonyl (C=O) groups excluding carboxylic acids is 2. The molecule has 4 heterocycles. The summed E-state index contributed by atoms with van der Waals surface area (Å²) in [7, 11) is 0. The van der Waals surface area contributed by atoms with Crippen LogP contribution in [0.5, 0.6) is 0 Å². The Morgan fingerprint density at radius 2 is 0.812 bits per heavy atom. The second-order valence-electron chi connectivity index (χ2n) is 16.0. The van der Waals surface area contributed by atoms with Crippen molar-refractivity contribution in [1.82, 2.24) is 19.6 Å². The smallest absolute Gasteiger partial charge is 0.410 e. The zero-order valence-electron chi connectivity index (χ0n) is 36.0. The Kier molecular flexibility index (Phi) is 18.9. The average Bonchev–Trinajstić information content (AvgIpc) is 4.00. The fraction of sp³-hybridized carbons (Fsp3) is 0.375. The summed E-state index contributed by atoms with van der Waals surface area (Å²) in [5.74, 6) is 1.04. The molecule has 4 saturated heterocycles. The van der Waals surface area contributed by atoms with Gasteiger partial charge in [0, 0.05) is 52.4 Å². The lowest BCUT2D eigenvalue weighted by molar-refractivity contribution is -0.188. The van der Waals surface area contributed by atoms with Crippen molar-refractivity contribution in [2.75, 3.05) is 39.3 Å². The van der Waals surface area contributed by atoms with Crippen LogP contribution in [0, 0.1) is 36.3 Å². The zero-order chi connectivity index (χ0) is 45.6. The van der Waals surface area contributed by atoms with Crippen molar-refractivity contribution in [2.24, 2.45) is 11.8 Å². The predicted molar refractivity (Wildman–Crippen MR) is 234 cm³/mol. The summed E-state index contributed by atoms with van der Waals surface area (Å²) in [4.78, 5) is 46.7. The molecule has 4 aliphatic heterocycles. The van der Waals surface area contributed by atoms with E-state index in [-0.39, 0.29) is 23.3 Å². The molecule has 4 aliphatic rings. The SMILES string of the molecule is C[C@H]1CN(C(=O)OCc2ccccc2)[C@]12CCN(Cc1ccccc1)C2.C[C@H]1CN(C(=O)OCc2ccccc2)[C@]12CCN(Cc1ccccc1)C2.OOC#COO.OOC#COO. The van der Waals surface area contributed by atoms with Crippen LogP contribution in [0.1, 0.15) is 48.9 Å². The zero-order valence-corrected chi connectivity index (χ0v) is 36.0. The first-order valence-electron chi connectivity index (χ1n) is 20.9. The van der Waals surface area contributed by atoms with E-state index in [0.29, 0.717) is 25.0 Å². The van der Waals surface area contributed by atoms with E-state index in [0.717, 1.165) is 76.3 Å². The molecule has 340 valence electrons. The molecule has 0 saturated carbocycles. The van der Waals surface area contributed by atoms with Crippen LogP contribution >= 0.6 is 0 Å². The van der Waals surface area contributed by atoms with Crippen molar-refractivity contribution in [3.05, 3.63) is 144 Å². The summed E-state index contributed by atoms with van der Waals surface area (Å²) >= 11 is 0. The number of benzene rings is 4. The van der Waals surface area contributed by atoms with E-state index in [9.17, 15) is 9.59 Å². The van der Waals surface area contributed by atoms with Crippen molar-refractivity contribution in [2.45, 2.75) is 64.1 Å². The molecule has 4 fully saturated rings. The van der Waals surface area contributed by atoms with Gasteiger partial charge in [-0.05, 0) is 46.9 Å². The van der Waals surface area contributed by atoms with Crippen LogP contribution in [0.15, 0.2) is 121 Å². The highest BCUT2D eigenvalue weighted by molar-refractivity contribution is 5.71. The first-order chi connectivity index (χ1) is 31.2. The average molecular weight is 881 g/mol. The number of carbonyl (C=O) groups is 2. The number of ether oxygens (including phenoxy) is 2. The van der Waals surface area contributed by atoms with Gasteiger partial charge >= 0.3 is 12.2 Å². The van der Waals surface area contributed by atoms with Crippen LogP contribution < -0.4 is 0 Å². The Hall–Kier alpha value is -6.50. The Balaban J connectivity index is 0.000000193. The first kappa shape index (κ1) is 48.5. The highest BCUT2D eigenvalue weighted by Crippen LogP contribution is 2.45. The molecule has 64 heavy (non-hydrogen) atoms. The van der Waals surface area contributed by atoms with Crippen molar-refractivity contribution in [3.63, 3.8) is 0 Å². The molecule has 8 rings (SSSR count). The minimum absolute atomic E-state index is 0.0530. The summed E-state index contributed by atoms with van der Waals surface area (Å²) in [5, 5.41) is 29.3. The van der Waals surface area contributed by atoms with Crippen LogP contribution in [-0.2, 0) is 55.3 Å². The summed E-state index contributed by atoms with van der Waals surface area (Å²) in [6.45, 7) is 12.6. The molecule has 0 bridgehead atoms. The van der Waals surface area contributed by atoms with Crippen LogP contribution in [0.3, 0.4) is 0 Å². The largest absolute Gasteiger partial charge is 0.445 e. The van der Waals surface area contributed by atoms with Gasteiger partial charge in [0.05, 0.1) is 11.1 Å². The van der Waals surface area contributed by atoms with Gasteiger partial charge in [0.25, 0.3) is 0 Å². The van der Waals surface area contributed by atoms with E-state index in [2.05, 4.69) is 91.7 Å². The second-order valence-corrected chi connectivity index (χ2v) is 16.0. The molecule has 16 nitrogen and oxygen atoms in total. The van der Waals surface area contributed by atoms with E-state index in [1.54, 1.807) is 0 Å². The molecule has 0 aromatic heterocycles. The molecular weight excluding hydrogens is 825 g/mol. The lowest BCUT2D eigenvalue weighted by Crippen LogP contribution is -2.69. The normalized spacial score (nSPS) is 21.5. The first-order valence-corrected chi connectivity index (χ1v) is 20.9. The molecular formula is C48H56N4O12. The van der Waals surface area contributed by atoms with E-state index in [1.165, 1.54) is 35.6 Å². The monoisotopic (exact) mass is 880 g/mol. The van der Waals surface area contributed by atoms with Gasteiger partial charge in [-0.2, -0.15) is 21.0 Å². The van der Waals surface area contributed by atoms with Crippen molar-refractivity contribution < 1.29 is 59.6 Å². The molecule has 0 radical (unpaired) electrons. The Morgan fingerprint density at radius 3 is 1.09 bits per heavy atom. The van der Waals surface area contributed by atoms with Gasteiger partial charge in [0.2, 0.25) is 24.4 Å². The van der Waals surface area contributed by atoms with E-state index < -0.39 is 0 Å². The van der Waals surface area contributed by atoms with Crippen LogP contribution in [0.4, 0.5) is 9.59 Å². The fourth-order valence-electron chi connectivity index (χ4n) is 8.73. The standard InChI is InChI=1S/2C22H26N2O2.2C2H2O4/c2*1-18-14-24(21(25)26-16-20-10-6-3-7-11-20)22(18)12-13-23(17-22)15-19-8-4-2-5-9-19;2*3-5-1-2-6-4/h2*2-11,18H,12-17H2,1H3;2*3-4H/t2*18-,22-;;/m00../s1. The summed E-state index contributed by atoms with van der Waals surface area (Å²) in [6, 6.07) is 40.9. The van der Waals surface area contributed by atoms with Gasteiger partial charge < -0.3 is 19.3 Å². The van der Waals surface area contributed by atoms with Crippen molar-refractivity contribution in [3.8, 4) is 24.4 Å². The third-order valence-electron chi connectivity index (χ3n) is 12.2. The van der Waals surface area contributed by atoms with Gasteiger partial charge in [-0.25, -0.2) is 9.59 Å². The van der Waals surface area contributed by atoms with E-state index in [1.807, 2.05) is 82.6 Å². The maximum atomic E-state index is 12.7. The van der Waals surface area contributed by atoms with Crippen LogP contribution in [-0.4, -0.2) is 103 Å². The Morgan fingerprint density at radius 1 is 0.516 bits per heavy atom. The Labute approximate surface area is 373 Å². The molecule has 2 spiro atoms. The lowest BCUT2D eigenvalue weighted by Gasteiger charge is -2.55. The number of rotatable bonds is 8. The highest BCUT2D eigenvalue weighted by atomic mass is 17.1. The summed E-state index contributed by atoms with van der Waals surface area (Å²) in [5.41, 5.74) is 4.61. The number of hydrogen-bond acceptors (Lipinski definition) is 14. The molecule has 4 N–H and O–H groups in total. The fourth-order valence-corrected chi connectivity index (χ4v) is 8.73. The molecule has 4 aromatic rings. The highest BCUT2D eigenvalue weighted by Gasteiger charge is 2.58. The third-order valence-corrected chi connectivity index (χ3v) is 12.2. The third kappa shape index (κ3) is 13.3. The number of amides is 2. The molecule has 4 atom stereocenters. The van der Waals surface area contributed by atoms with Gasteiger partial charge in [-0.15, -0.1) is 0 Å². The maximum Gasteiger partial charge on any atom is 0.410 e. The van der Waals surface area contributed by atoms with Gasteiger partial charge in [-0.3, -0.25) is 29.4 Å². The predicted octanol–water partition coefficient (Wildman–Crippen LogP) is 7.61. The Bertz CT molecular complexity index is 1970. The maximum absolute atomic E-state index is 12.7. The number of hydrogen-bond donors (Lipinski definition) is 4. The molecule has 0 aliphatic carbocycles. The lowest BCUT2D eigenvalue weighted by atomic mass is 9.74. The van der Waals surface area contributed by atoms with Gasteiger partial charge in [0.1, 0.15) is 13.2 Å². The quantitative estimate of drug-likeness (QED) is 0.0771. The van der Waals surface area contributed by atoms with Crippen LogP contribution in [0.25, 0.3) is 0 Å². The van der Waals surface area contributed by atoms with E-state index in [4.69, 9.17) is 30.5 Å². The molecule has 0 unspecified atom stereocenters. The number of likely N-dealkylation sites (tertiary alicyclic amines) is 4. The minimum atomic E-state index is -0.173. The topological polar surface area (TPSA) is 183 Å². The van der Waals surface area contributed by atoms with Gasteiger partial charge in [0.15, 0.2) is 0 Å². The summed E-state index contributed by atoms with van der Waals surface area (Å²) in [6.07, 6.45) is 7.84. The summed E-state index contributed by atoms with van der Waals surface area (Å²) < 4.78 is 11.2. The van der Waals surface area contributed by atoms with Gasteiger partial charge in [-0.1, -0.05) is 135 Å². The minimum Gasteiger partial charge on any atom is -0.445 e. The van der Waals surface area contributed by atoms with E-state index >= 15 is 0 Å².